The van der Waals surface area contributed by atoms with Crippen LogP contribution in [0.15, 0.2) is 12.1 Å². The van der Waals surface area contributed by atoms with Gasteiger partial charge in [0.1, 0.15) is 5.75 Å². The molecule has 1 aromatic carbocycles. The molecule has 0 radical (unpaired) electrons. The van der Waals surface area contributed by atoms with Crippen LogP contribution < -0.4 is 4.90 Å². The Hall–Kier alpha value is -1.51. The van der Waals surface area contributed by atoms with Crippen LogP contribution in [-0.2, 0) is 11.2 Å². The van der Waals surface area contributed by atoms with Crippen LogP contribution in [0.1, 0.15) is 25.0 Å². The van der Waals surface area contributed by atoms with Gasteiger partial charge in [-0.2, -0.15) is 0 Å². The topological polar surface area (TPSA) is 40.5 Å². The quantitative estimate of drug-likeness (QED) is 0.708. The molecule has 1 aromatic rings. The lowest BCUT2D eigenvalue weighted by molar-refractivity contribution is -0.117. The minimum absolute atomic E-state index is 0.0379. The largest absolute Gasteiger partial charge is 0.506 e. The van der Waals surface area contributed by atoms with Gasteiger partial charge in [0.2, 0.25) is 5.91 Å². The summed E-state index contributed by atoms with van der Waals surface area (Å²) >= 11 is 0. The van der Waals surface area contributed by atoms with Gasteiger partial charge in [0, 0.05) is 7.05 Å². The molecule has 0 atom stereocenters. The summed E-state index contributed by atoms with van der Waals surface area (Å²) in [6.07, 6.45) is 0.404. The van der Waals surface area contributed by atoms with Crippen molar-refractivity contribution in [2.45, 2.75) is 27.2 Å². The molecule has 0 aromatic heterocycles. The van der Waals surface area contributed by atoms with E-state index in [0.717, 1.165) is 11.1 Å². The summed E-state index contributed by atoms with van der Waals surface area (Å²) in [5.41, 5.74) is 2.57. The lowest BCUT2D eigenvalue weighted by atomic mass is 10.1. The summed E-state index contributed by atoms with van der Waals surface area (Å²) in [6.45, 7) is 5.91. The summed E-state index contributed by atoms with van der Waals surface area (Å²) in [5.74, 6) is 0.235. The fraction of sp³-hybridized carbons (Fsp3) is 0.417. The molecule has 1 heterocycles. The highest BCUT2D eigenvalue weighted by molar-refractivity contribution is 6.02. The van der Waals surface area contributed by atoms with Crippen molar-refractivity contribution in [3.8, 4) is 5.75 Å². The second kappa shape index (κ2) is 4.34. The Bertz CT molecular complexity index is 385. The fourth-order valence-electron chi connectivity index (χ4n) is 1.76. The number of phenols is 1. The number of anilines is 1. The SMILES string of the molecule is CC.Cc1cc(O)c2c(c1)CC(=O)N2C. The number of carbonyl (C=O) groups is 1. The number of aromatic hydroxyl groups is 1. The van der Waals surface area contributed by atoms with Gasteiger partial charge in [-0.15, -0.1) is 0 Å². The van der Waals surface area contributed by atoms with Crippen LogP contribution in [0.4, 0.5) is 5.69 Å². The van der Waals surface area contributed by atoms with E-state index >= 15 is 0 Å². The molecule has 0 bridgehead atoms. The number of hydrogen-bond donors (Lipinski definition) is 1. The normalized spacial score (nSPS) is 13.3. The number of nitrogens with zero attached hydrogens (tertiary/aromatic N) is 1. The van der Waals surface area contributed by atoms with Gasteiger partial charge in [-0.1, -0.05) is 19.9 Å². The number of likely N-dealkylation sites (N-methyl/N-ethyl adjacent to an activating group) is 1. The van der Waals surface area contributed by atoms with Gasteiger partial charge in [-0.05, 0) is 24.1 Å². The molecule has 15 heavy (non-hydrogen) atoms. The number of fused-ring (bicyclic) bond motifs is 1. The summed E-state index contributed by atoms with van der Waals surface area (Å²) in [6, 6.07) is 3.62. The monoisotopic (exact) mass is 207 g/mol. The third-order valence-electron chi connectivity index (χ3n) is 2.36. The molecule has 3 heteroatoms. The molecule has 1 N–H and O–H groups in total. The van der Waals surface area contributed by atoms with Crippen LogP contribution >= 0.6 is 0 Å². The molecule has 0 saturated carbocycles. The van der Waals surface area contributed by atoms with Crippen LogP contribution in [0.5, 0.6) is 5.75 Å². The standard InChI is InChI=1S/C10H11NO2.C2H6/c1-6-3-7-5-9(13)11(2)10(7)8(12)4-6;1-2/h3-4,12H,5H2,1-2H3;1-2H3. The van der Waals surface area contributed by atoms with Crippen molar-refractivity contribution in [1.82, 2.24) is 0 Å². The molecule has 82 valence electrons. The van der Waals surface area contributed by atoms with Crippen molar-refractivity contribution in [2.75, 3.05) is 11.9 Å². The summed E-state index contributed by atoms with van der Waals surface area (Å²) in [7, 11) is 1.68. The van der Waals surface area contributed by atoms with E-state index < -0.39 is 0 Å². The Labute approximate surface area is 90.3 Å². The van der Waals surface area contributed by atoms with Gasteiger partial charge in [0.05, 0.1) is 12.1 Å². The van der Waals surface area contributed by atoms with Gasteiger partial charge in [-0.25, -0.2) is 0 Å². The average molecular weight is 207 g/mol. The number of benzene rings is 1. The number of phenolic OH excluding ortho intramolecular Hbond substituents is 1. The average Bonchev–Trinajstić information content (AvgIpc) is 2.45. The van der Waals surface area contributed by atoms with Crippen molar-refractivity contribution in [3.05, 3.63) is 23.3 Å². The highest BCUT2D eigenvalue weighted by Gasteiger charge is 2.26. The van der Waals surface area contributed by atoms with Gasteiger partial charge >= 0.3 is 0 Å². The maximum absolute atomic E-state index is 11.3. The van der Waals surface area contributed by atoms with Gasteiger partial charge in [0.25, 0.3) is 0 Å². The van der Waals surface area contributed by atoms with Gasteiger partial charge in [-0.3, -0.25) is 4.79 Å². The van der Waals surface area contributed by atoms with E-state index in [9.17, 15) is 9.90 Å². The Morgan fingerprint density at radius 1 is 1.33 bits per heavy atom. The second-order valence-corrected chi connectivity index (χ2v) is 3.42. The predicted molar refractivity (Wildman–Crippen MR) is 61.3 cm³/mol. The van der Waals surface area contributed by atoms with E-state index in [-0.39, 0.29) is 11.7 Å². The molecule has 0 fully saturated rings. The number of amides is 1. The molecule has 1 aliphatic heterocycles. The summed E-state index contributed by atoms with van der Waals surface area (Å²) in [4.78, 5) is 12.8. The van der Waals surface area contributed by atoms with Crippen LogP contribution in [0.25, 0.3) is 0 Å². The predicted octanol–water partition coefficient (Wildman–Crippen LogP) is 2.25. The number of hydrogen-bond acceptors (Lipinski definition) is 2. The van der Waals surface area contributed by atoms with Gasteiger partial charge in [0.15, 0.2) is 0 Å². The highest BCUT2D eigenvalue weighted by Crippen LogP contribution is 2.36. The minimum atomic E-state index is 0.0379. The van der Waals surface area contributed by atoms with Crippen molar-refractivity contribution in [1.29, 1.82) is 0 Å². The van der Waals surface area contributed by atoms with Crippen molar-refractivity contribution < 1.29 is 9.90 Å². The first-order valence-corrected chi connectivity index (χ1v) is 5.18. The van der Waals surface area contributed by atoms with Crippen LogP contribution in [0.3, 0.4) is 0 Å². The number of carbonyl (C=O) groups excluding carboxylic acids is 1. The Kier molecular flexibility index (Phi) is 3.35. The van der Waals surface area contributed by atoms with Crippen molar-refractivity contribution >= 4 is 11.6 Å². The van der Waals surface area contributed by atoms with Crippen molar-refractivity contribution in [2.24, 2.45) is 0 Å². The first-order chi connectivity index (χ1) is 7.09. The third-order valence-corrected chi connectivity index (χ3v) is 2.36. The van der Waals surface area contributed by atoms with E-state index in [0.29, 0.717) is 12.1 Å². The lowest BCUT2D eigenvalue weighted by Crippen LogP contribution is -2.20. The molecule has 2 rings (SSSR count). The Balaban J connectivity index is 0.000000531. The van der Waals surface area contributed by atoms with E-state index in [1.165, 1.54) is 4.90 Å². The zero-order valence-electron chi connectivity index (χ0n) is 9.66. The smallest absolute Gasteiger partial charge is 0.231 e. The van der Waals surface area contributed by atoms with Crippen LogP contribution in [0, 0.1) is 6.92 Å². The molecule has 3 nitrogen and oxygen atoms in total. The maximum atomic E-state index is 11.3. The molecular formula is C12H17NO2. The third kappa shape index (κ3) is 1.96. The maximum Gasteiger partial charge on any atom is 0.231 e. The van der Waals surface area contributed by atoms with Crippen LogP contribution in [-0.4, -0.2) is 18.1 Å². The Morgan fingerprint density at radius 2 is 1.93 bits per heavy atom. The highest BCUT2D eigenvalue weighted by atomic mass is 16.3. The first kappa shape index (κ1) is 11.6. The van der Waals surface area contributed by atoms with E-state index in [4.69, 9.17) is 0 Å². The number of rotatable bonds is 0. The summed E-state index contributed by atoms with van der Waals surface area (Å²) < 4.78 is 0. The van der Waals surface area contributed by atoms with Gasteiger partial charge < -0.3 is 10.0 Å². The lowest BCUT2D eigenvalue weighted by Gasteiger charge is -2.11. The molecule has 0 spiro atoms. The second-order valence-electron chi connectivity index (χ2n) is 3.42. The first-order valence-electron chi connectivity index (χ1n) is 5.18. The van der Waals surface area contributed by atoms with E-state index in [1.54, 1.807) is 13.1 Å². The molecule has 0 saturated heterocycles. The molecule has 0 unspecified atom stereocenters. The molecule has 1 aliphatic rings. The molecule has 1 amide bonds. The zero-order chi connectivity index (χ0) is 11.6. The minimum Gasteiger partial charge on any atom is -0.506 e. The van der Waals surface area contributed by atoms with Crippen molar-refractivity contribution in [3.63, 3.8) is 0 Å². The van der Waals surface area contributed by atoms with Crippen LogP contribution in [0.2, 0.25) is 0 Å². The summed E-state index contributed by atoms with van der Waals surface area (Å²) in [5, 5.41) is 9.61. The van der Waals surface area contributed by atoms with E-state index in [2.05, 4.69) is 0 Å². The zero-order valence-corrected chi connectivity index (χ0v) is 9.66. The number of aryl methyl sites for hydroxylation is 1. The fourth-order valence-corrected chi connectivity index (χ4v) is 1.76. The Morgan fingerprint density at radius 3 is 2.53 bits per heavy atom. The molecular weight excluding hydrogens is 190 g/mol. The van der Waals surface area contributed by atoms with E-state index in [1.807, 2.05) is 26.8 Å². The molecule has 0 aliphatic carbocycles.